The van der Waals surface area contributed by atoms with E-state index in [1.807, 2.05) is 18.7 Å². The highest BCUT2D eigenvalue weighted by Crippen LogP contribution is 2.14. The van der Waals surface area contributed by atoms with Crippen LogP contribution in [-0.4, -0.2) is 75.2 Å². The first-order valence-electron chi connectivity index (χ1n) is 13.0. The third-order valence-electron chi connectivity index (χ3n) is 5.02. The van der Waals surface area contributed by atoms with Gasteiger partial charge in [0, 0.05) is 65.5 Å². The fourth-order valence-electron chi connectivity index (χ4n) is 3.03. The third-order valence-corrected chi connectivity index (χ3v) is 6.34. The minimum Gasteiger partial charge on any atom is -0.412 e. The summed E-state index contributed by atoms with van der Waals surface area (Å²) in [4.78, 5) is 11.9. The molecule has 11 N–H and O–H groups in total. The van der Waals surface area contributed by atoms with Crippen molar-refractivity contribution in [3.05, 3.63) is 0 Å². The van der Waals surface area contributed by atoms with Crippen molar-refractivity contribution < 1.29 is 11.7 Å². The Bertz CT molecular complexity index is 377. The Morgan fingerprint density at radius 3 is 1.68 bits per heavy atom. The minimum atomic E-state index is 0. The Kier molecular flexibility index (Phi) is 46.1. The number of rotatable bonds is 23. The van der Waals surface area contributed by atoms with Crippen molar-refractivity contribution >= 4 is 41.6 Å². The second kappa shape index (κ2) is 37.9. The second-order valence-corrected chi connectivity index (χ2v) is 9.46. The highest BCUT2D eigenvalue weighted by molar-refractivity contribution is 14.0. The van der Waals surface area contributed by atoms with Crippen LogP contribution in [0.1, 0.15) is 79.5 Å². The molecule has 1 unspecified atom stereocenters. The molecule has 0 fully saturated rings. The van der Waals surface area contributed by atoms with Crippen LogP contribution in [0.15, 0.2) is 0 Å². The number of amides is 1. The van der Waals surface area contributed by atoms with E-state index in [1.54, 1.807) is 0 Å². The maximum Gasteiger partial charge on any atom is 0.223 e. The van der Waals surface area contributed by atoms with Gasteiger partial charge in [0.1, 0.15) is 0 Å². The number of unbranched alkanes of at least 4 members (excludes halogenated alkanes) is 9. The van der Waals surface area contributed by atoms with Crippen LogP contribution >= 0.6 is 35.7 Å². The average Bonchev–Trinajstić information content (AvgIpc) is 2.80. The lowest BCUT2D eigenvalue weighted by atomic mass is 10.1. The molecule has 0 saturated heterocycles. The highest BCUT2D eigenvalue weighted by atomic mass is 127. The summed E-state index contributed by atoms with van der Waals surface area (Å²) in [6.07, 6.45) is 13.8. The van der Waals surface area contributed by atoms with E-state index in [1.165, 1.54) is 70.0 Å². The lowest BCUT2D eigenvalue weighted by molar-refractivity contribution is -0.123. The summed E-state index contributed by atoms with van der Waals surface area (Å²) in [5.41, 5.74) is 15.7. The van der Waals surface area contributed by atoms with E-state index in [0.29, 0.717) is 26.2 Å². The predicted octanol–water partition coefficient (Wildman–Crippen LogP) is 2.47. The molecule has 0 saturated carbocycles. The second-order valence-electron chi connectivity index (χ2n) is 8.31. The summed E-state index contributed by atoms with van der Waals surface area (Å²) in [5, 5.41) is 9.19. The molecule has 0 bridgehead atoms. The fourth-order valence-corrected chi connectivity index (χ4v) is 4.11. The van der Waals surface area contributed by atoms with Crippen LogP contribution in [0.2, 0.25) is 0 Å². The molecule has 0 spiro atoms. The minimum absolute atomic E-state index is 0. The molecule has 0 aliphatic rings. The van der Waals surface area contributed by atoms with Crippen molar-refractivity contribution in [2.24, 2.45) is 23.1 Å². The number of hydrogen-bond acceptors (Lipinski definition) is 7. The van der Waals surface area contributed by atoms with Crippen LogP contribution in [0.4, 0.5) is 0 Å². The highest BCUT2D eigenvalue weighted by Gasteiger charge is 2.11. The molecule has 0 rings (SSSR count). The number of thioether (sulfide) groups is 1. The summed E-state index contributed by atoms with van der Waals surface area (Å²) in [5.74, 6) is 2.39. The summed E-state index contributed by atoms with van der Waals surface area (Å²) in [6.45, 7) is 10.4. The first kappa shape index (κ1) is 41.4. The zero-order valence-corrected chi connectivity index (χ0v) is 25.3. The Balaban J connectivity index is -0.000000261. The molecule has 0 radical (unpaired) electrons. The van der Waals surface area contributed by atoms with Crippen LogP contribution in [0.3, 0.4) is 0 Å². The average molecular weight is 626 g/mol. The first-order valence-corrected chi connectivity index (χ1v) is 14.2. The Morgan fingerprint density at radius 1 is 0.765 bits per heavy atom. The SMILES string of the molecule is CCCCCCCCCCCCSCC(C)C(=O)NCCNCCN.I.NCCNCCN.O.[2HH]. The lowest BCUT2D eigenvalue weighted by Crippen LogP contribution is -2.36. The van der Waals surface area contributed by atoms with Crippen molar-refractivity contribution in [1.82, 2.24) is 16.0 Å². The normalized spacial score (nSPS) is 11.0. The van der Waals surface area contributed by atoms with Gasteiger partial charge in [0.2, 0.25) is 5.91 Å². The zero-order valence-electron chi connectivity index (χ0n) is 22.2. The van der Waals surface area contributed by atoms with E-state index in [4.69, 9.17) is 17.2 Å². The number of carbonyl (C=O) groups excluding carboxylic acids is 1. The van der Waals surface area contributed by atoms with Crippen molar-refractivity contribution in [2.45, 2.75) is 78.1 Å². The Morgan fingerprint density at radius 2 is 1.21 bits per heavy atom. The van der Waals surface area contributed by atoms with Crippen molar-refractivity contribution in [3.8, 4) is 0 Å². The molecule has 0 aliphatic heterocycles. The van der Waals surface area contributed by atoms with Gasteiger partial charge in [-0.25, -0.2) is 0 Å². The molecule has 0 aliphatic carbocycles. The lowest BCUT2D eigenvalue weighted by Gasteiger charge is -2.12. The van der Waals surface area contributed by atoms with Gasteiger partial charge in [0.15, 0.2) is 0 Å². The molecule has 212 valence electrons. The monoisotopic (exact) mass is 625 g/mol. The first-order chi connectivity index (χ1) is 15.6. The quantitative estimate of drug-likeness (QED) is 0.0751. The number of nitrogens with two attached hydrogens (primary N) is 3. The van der Waals surface area contributed by atoms with Crippen LogP contribution in [0.25, 0.3) is 0 Å². The van der Waals surface area contributed by atoms with Gasteiger partial charge in [-0.15, -0.1) is 24.0 Å². The van der Waals surface area contributed by atoms with Crippen LogP contribution in [0.5, 0.6) is 0 Å². The van der Waals surface area contributed by atoms with E-state index in [9.17, 15) is 4.79 Å². The molecule has 8 nitrogen and oxygen atoms in total. The van der Waals surface area contributed by atoms with E-state index < -0.39 is 0 Å². The predicted molar refractivity (Wildman–Crippen MR) is 165 cm³/mol. The number of halogens is 1. The number of nitrogens with one attached hydrogen (secondary N) is 3. The van der Waals surface area contributed by atoms with E-state index in [-0.39, 0.29) is 42.7 Å². The Hall–Kier alpha value is 0.310. The van der Waals surface area contributed by atoms with Gasteiger partial charge in [-0.1, -0.05) is 71.6 Å². The van der Waals surface area contributed by atoms with Gasteiger partial charge in [-0.2, -0.15) is 11.8 Å². The van der Waals surface area contributed by atoms with Gasteiger partial charge in [0.05, 0.1) is 0 Å². The summed E-state index contributed by atoms with van der Waals surface area (Å²) in [7, 11) is 0. The summed E-state index contributed by atoms with van der Waals surface area (Å²) < 4.78 is 0. The fraction of sp³-hybridized carbons (Fsp3) is 0.958. The smallest absolute Gasteiger partial charge is 0.223 e. The molecule has 0 aromatic heterocycles. The molecule has 0 aromatic carbocycles. The number of hydrogen-bond donors (Lipinski definition) is 6. The van der Waals surface area contributed by atoms with Crippen molar-refractivity contribution in [1.29, 1.82) is 0 Å². The van der Waals surface area contributed by atoms with E-state index in [2.05, 4.69) is 22.9 Å². The van der Waals surface area contributed by atoms with Gasteiger partial charge in [-0.05, 0) is 12.2 Å². The standard InChI is InChI=1S/C20H43N3OS.C4H13N3.HI.H2O.H2/c1-3-4-5-6-7-8-9-10-11-12-17-25-18-19(2)20(24)23-16-15-22-14-13-21;5-1-3-7-4-2-6;;;/h19,22H,3-18,21H2,1-2H3,(H,23,24);7H,1-6H2;1H;1H2;1H/i;;;;1+1. The van der Waals surface area contributed by atoms with Gasteiger partial charge >= 0.3 is 0 Å². The maximum atomic E-state index is 11.9. The summed E-state index contributed by atoms with van der Waals surface area (Å²) >= 11 is 1.92. The van der Waals surface area contributed by atoms with Crippen LogP contribution < -0.4 is 33.2 Å². The van der Waals surface area contributed by atoms with Crippen LogP contribution in [-0.2, 0) is 4.79 Å². The molecule has 0 heterocycles. The van der Waals surface area contributed by atoms with Gasteiger partial charge < -0.3 is 38.6 Å². The van der Waals surface area contributed by atoms with Crippen LogP contribution in [0, 0.1) is 5.92 Å². The van der Waals surface area contributed by atoms with Gasteiger partial charge in [0.25, 0.3) is 0 Å². The zero-order chi connectivity index (χ0) is 24.1. The molecular formula is C24H61IN6O2S. The van der Waals surface area contributed by atoms with Crippen molar-refractivity contribution in [2.75, 3.05) is 63.9 Å². The van der Waals surface area contributed by atoms with Crippen molar-refractivity contribution in [3.63, 3.8) is 0 Å². The van der Waals surface area contributed by atoms with E-state index in [0.717, 1.165) is 31.9 Å². The molecule has 1 atom stereocenters. The third kappa shape index (κ3) is 36.9. The summed E-state index contributed by atoms with van der Waals surface area (Å²) in [6, 6.07) is 0. The largest absolute Gasteiger partial charge is 0.412 e. The topological polar surface area (TPSA) is 163 Å². The molecule has 1 amide bonds. The number of carbonyl (C=O) groups is 1. The van der Waals surface area contributed by atoms with Gasteiger partial charge in [-0.3, -0.25) is 4.79 Å². The maximum absolute atomic E-state index is 11.9. The molecule has 0 aromatic rings. The molecular weight excluding hydrogens is 563 g/mol. The Labute approximate surface area is 233 Å². The molecule has 10 heteroatoms. The van der Waals surface area contributed by atoms with E-state index >= 15 is 0 Å². The molecule has 34 heavy (non-hydrogen) atoms.